The number of nitrogens with one attached hydrogen (secondary N) is 1. The van der Waals surface area contributed by atoms with Gasteiger partial charge in [-0.1, -0.05) is 19.3 Å². The molecule has 0 heterocycles. The highest BCUT2D eigenvalue weighted by Crippen LogP contribution is 2.47. The molecule has 15 heavy (non-hydrogen) atoms. The zero-order valence-electron chi connectivity index (χ0n) is 9.58. The first-order valence-corrected chi connectivity index (χ1v) is 6.80. The van der Waals surface area contributed by atoms with Gasteiger partial charge in [-0.25, -0.2) is 5.48 Å². The molecule has 2 heteroatoms. The number of hydrogen-bond donors (Lipinski definition) is 1. The van der Waals surface area contributed by atoms with Gasteiger partial charge in [0.05, 0.1) is 6.10 Å². The molecule has 2 nitrogen and oxygen atoms in total. The van der Waals surface area contributed by atoms with Gasteiger partial charge in [0.2, 0.25) is 0 Å². The Morgan fingerprint density at radius 2 is 1.87 bits per heavy atom. The van der Waals surface area contributed by atoms with E-state index in [2.05, 4.69) is 5.48 Å². The fourth-order valence-corrected chi connectivity index (χ4v) is 3.91. The van der Waals surface area contributed by atoms with Gasteiger partial charge in [0.1, 0.15) is 0 Å². The maximum absolute atomic E-state index is 5.72. The van der Waals surface area contributed by atoms with Crippen LogP contribution in [-0.2, 0) is 4.84 Å². The monoisotopic (exact) mass is 209 g/mol. The Morgan fingerprint density at radius 1 is 1.00 bits per heavy atom. The van der Waals surface area contributed by atoms with Gasteiger partial charge in [-0.2, -0.15) is 0 Å². The molecule has 0 aromatic carbocycles. The van der Waals surface area contributed by atoms with Crippen molar-refractivity contribution in [3.63, 3.8) is 0 Å². The second-order valence-electron chi connectivity index (χ2n) is 5.81. The Kier molecular flexibility index (Phi) is 2.98. The van der Waals surface area contributed by atoms with Gasteiger partial charge in [0.25, 0.3) is 0 Å². The van der Waals surface area contributed by atoms with Crippen LogP contribution in [0.1, 0.15) is 51.4 Å². The Morgan fingerprint density at radius 3 is 2.53 bits per heavy atom. The third-order valence-corrected chi connectivity index (χ3v) is 4.78. The fraction of sp³-hybridized carbons (Fsp3) is 1.00. The van der Waals surface area contributed by atoms with Crippen molar-refractivity contribution in [1.29, 1.82) is 0 Å². The molecule has 0 saturated heterocycles. The van der Waals surface area contributed by atoms with Crippen LogP contribution in [0.4, 0.5) is 0 Å². The molecule has 3 aliphatic rings. The molecule has 0 spiro atoms. The molecule has 0 aliphatic heterocycles. The average Bonchev–Trinajstić information content (AvgIpc) is 2.93. The van der Waals surface area contributed by atoms with E-state index < -0.39 is 0 Å². The largest absolute Gasteiger partial charge is 0.299 e. The van der Waals surface area contributed by atoms with Gasteiger partial charge in [-0.15, -0.1) is 0 Å². The van der Waals surface area contributed by atoms with Gasteiger partial charge < -0.3 is 0 Å². The molecular weight excluding hydrogens is 186 g/mol. The summed E-state index contributed by atoms with van der Waals surface area (Å²) < 4.78 is 0. The molecule has 3 atom stereocenters. The number of hydroxylamine groups is 1. The highest BCUT2D eigenvalue weighted by Gasteiger charge is 2.39. The van der Waals surface area contributed by atoms with Crippen LogP contribution in [0.2, 0.25) is 0 Å². The first-order chi connectivity index (χ1) is 7.42. The summed E-state index contributed by atoms with van der Waals surface area (Å²) in [5, 5.41) is 0. The molecule has 3 unspecified atom stereocenters. The molecule has 0 aromatic rings. The third-order valence-electron chi connectivity index (χ3n) is 4.78. The minimum Gasteiger partial charge on any atom is -0.299 e. The zero-order chi connectivity index (χ0) is 10.1. The lowest BCUT2D eigenvalue weighted by Crippen LogP contribution is -2.29. The SMILES string of the molecule is C1CCC(ONCC2CC3CCC2C3)C1. The lowest BCUT2D eigenvalue weighted by Gasteiger charge is -2.22. The quantitative estimate of drug-likeness (QED) is 0.719. The molecule has 0 radical (unpaired) electrons. The van der Waals surface area contributed by atoms with Crippen LogP contribution < -0.4 is 5.48 Å². The molecule has 0 aromatic heterocycles. The van der Waals surface area contributed by atoms with E-state index >= 15 is 0 Å². The van der Waals surface area contributed by atoms with E-state index in [0.29, 0.717) is 6.10 Å². The molecule has 3 fully saturated rings. The Labute approximate surface area is 92.7 Å². The molecule has 86 valence electrons. The van der Waals surface area contributed by atoms with Crippen LogP contribution in [-0.4, -0.2) is 12.6 Å². The highest BCUT2D eigenvalue weighted by molar-refractivity contribution is 4.90. The van der Waals surface area contributed by atoms with Gasteiger partial charge in [-0.3, -0.25) is 4.84 Å². The van der Waals surface area contributed by atoms with Crippen LogP contribution in [0, 0.1) is 17.8 Å². The van der Waals surface area contributed by atoms with Gasteiger partial charge in [-0.05, 0) is 49.9 Å². The smallest absolute Gasteiger partial charge is 0.0790 e. The highest BCUT2D eigenvalue weighted by atomic mass is 16.7. The standard InChI is InChI=1S/C13H23NO/c1-2-4-13(3-1)15-14-9-12-8-10-5-6-11(12)7-10/h10-14H,1-9H2. The summed E-state index contributed by atoms with van der Waals surface area (Å²) in [6.07, 6.45) is 11.7. The second kappa shape index (κ2) is 4.42. The summed E-state index contributed by atoms with van der Waals surface area (Å²) in [6.45, 7) is 1.11. The molecule has 3 rings (SSSR count). The summed E-state index contributed by atoms with van der Waals surface area (Å²) in [7, 11) is 0. The van der Waals surface area contributed by atoms with Crippen molar-refractivity contribution in [3.8, 4) is 0 Å². The summed E-state index contributed by atoms with van der Waals surface area (Å²) in [5.74, 6) is 3.01. The second-order valence-corrected chi connectivity index (χ2v) is 5.81. The zero-order valence-corrected chi connectivity index (χ0v) is 9.58. The van der Waals surface area contributed by atoms with Crippen molar-refractivity contribution in [2.45, 2.75) is 57.5 Å². The van der Waals surface area contributed by atoms with E-state index in [1.54, 1.807) is 0 Å². The van der Waals surface area contributed by atoms with E-state index in [9.17, 15) is 0 Å². The normalized spacial score (nSPS) is 40.4. The minimum atomic E-state index is 0.517. The van der Waals surface area contributed by atoms with Crippen LogP contribution in [0.3, 0.4) is 0 Å². The lowest BCUT2D eigenvalue weighted by molar-refractivity contribution is -0.0298. The summed E-state index contributed by atoms with van der Waals surface area (Å²) in [5.41, 5.74) is 3.25. The molecule has 1 N–H and O–H groups in total. The average molecular weight is 209 g/mol. The number of fused-ring (bicyclic) bond motifs is 2. The molecule has 3 saturated carbocycles. The molecule has 2 bridgehead atoms. The van der Waals surface area contributed by atoms with Crippen molar-refractivity contribution < 1.29 is 4.84 Å². The van der Waals surface area contributed by atoms with E-state index in [1.807, 2.05) is 0 Å². The molecular formula is C13H23NO. The summed E-state index contributed by atoms with van der Waals surface area (Å²) in [4.78, 5) is 5.72. The van der Waals surface area contributed by atoms with Gasteiger partial charge in [0.15, 0.2) is 0 Å². The van der Waals surface area contributed by atoms with Gasteiger partial charge >= 0.3 is 0 Å². The van der Waals surface area contributed by atoms with E-state index in [-0.39, 0.29) is 0 Å². The predicted octanol–water partition coefficient (Wildman–Crippen LogP) is 2.89. The van der Waals surface area contributed by atoms with E-state index in [0.717, 1.165) is 24.3 Å². The number of hydrogen-bond acceptors (Lipinski definition) is 2. The van der Waals surface area contributed by atoms with Crippen LogP contribution >= 0.6 is 0 Å². The third kappa shape index (κ3) is 2.21. The van der Waals surface area contributed by atoms with E-state index in [4.69, 9.17) is 4.84 Å². The summed E-state index contributed by atoms with van der Waals surface area (Å²) in [6, 6.07) is 0. The molecule has 0 amide bonds. The Bertz CT molecular complexity index is 213. The van der Waals surface area contributed by atoms with Gasteiger partial charge in [0, 0.05) is 6.54 Å². The van der Waals surface area contributed by atoms with Crippen molar-refractivity contribution in [2.75, 3.05) is 6.54 Å². The van der Waals surface area contributed by atoms with E-state index in [1.165, 1.54) is 51.4 Å². The maximum atomic E-state index is 5.72. The van der Waals surface area contributed by atoms with Crippen LogP contribution in [0.25, 0.3) is 0 Å². The number of rotatable bonds is 4. The first-order valence-electron chi connectivity index (χ1n) is 6.80. The fourth-order valence-electron chi connectivity index (χ4n) is 3.91. The Hall–Kier alpha value is -0.0800. The van der Waals surface area contributed by atoms with Crippen LogP contribution in [0.5, 0.6) is 0 Å². The minimum absolute atomic E-state index is 0.517. The topological polar surface area (TPSA) is 21.3 Å². The van der Waals surface area contributed by atoms with Crippen molar-refractivity contribution in [2.24, 2.45) is 17.8 Å². The van der Waals surface area contributed by atoms with Crippen molar-refractivity contribution in [3.05, 3.63) is 0 Å². The predicted molar refractivity (Wildman–Crippen MR) is 60.3 cm³/mol. The summed E-state index contributed by atoms with van der Waals surface area (Å²) >= 11 is 0. The lowest BCUT2D eigenvalue weighted by atomic mass is 9.89. The molecule has 3 aliphatic carbocycles. The van der Waals surface area contributed by atoms with Crippen molar-refractivity contribution >= 4 is 0 Å². The first kappa shape index (κ1) is 10.1. The van der Waals surface area contributed by atoms with Crippen molar-refractivity contribution in [1.82, 2.24) is 5.48 Å². The maximum Gasteiger partial charge on any atom is 0.0790 e. The van der Waals surface area contributed by atoms with Crippen LogP contribution in [0.15, 0.2) is 0 Å². The Balaban J connectivity index is 1.36.